The number of rotatable bonds is 5. The van der Waals surface area contributed by atoms with Gasteiger partial charge in [0.25, 0.3) is 0 Å². The molecule has 1 unspecified atom stereocenters. The Hall–Kier alpha value is -1.18. The first kappa shape index (κ1) is 15.2. The van der Waals surface area contributed by atoms with Crippen LogP contribution in [0.25, 0.3) is 0 Å². The molecule has 112 valence electrons. The Morgan fingerprint density at radius 1 is 1.35 bits per heavy atom. The molecule has 0 saturated heterocycles. The van der Waals surface area contributed by atoms with Crippen LogP contribution in [0.2, 0.25) is 0 Å². The van der Waals surface area contributed by atoms with E-state index < -0.39 is 10.0 Å². The zero-order valence-corrected chi connectivity index (χ0v) is 12.5. The Morgan fingerprint density at radius 2 is 2.05 bits per heavy atom. The number of hydrogen-bond donors (Lipinski definition) is 3. The molecule has 7 heteroatoms. The first-order valence-corrected chi connectivity index (χ1v) is 8.46. The third kappa shape index (κ3) is 3.68. The largest absolute Gasteiger partial charge is 0.308 e. The topological polar surface area (TPSA) is 97.1 Å². The van der Waals surface area contributed by atoms with Gasteiger partial charge in [0, 0.05) is 18.3 Å². The maximum atomic E-state index is 12.3. The first-order valence-electron chi connectivity index (χ1n) is 6.98. The highest BCUT2D eigenvalue weighted by atomic mass is 32.2. The molecule has 1 fully saturated rings. The van der Waals surface area contributed by atoms with Gasteiger partial charge in [-0.3, -0.25) is 0 Å². The molecule has 1 aliphatic carbocycles. The monoisotopic (exact) mass is 298 g/mol. The van der Waals surface area contributed by atoms with Gasteiger partial charge in [-0.1, -0.05) is 19.3 Å². The molecule has 0 radical (unpaired) electrons. The van der Waals surface area contributed by atoms with E-state index in [-0.39, 0.29) is 10.9 Å². The lowest BCUT2D eigenvalue weighted by Crippen LogP contribution is -2.38. The predicted octanol–water partition coefficient (Wildman–Crippen LogP) is 1.61. The molecule has 0 amide bonds. The molecule has 1 atom stereocenters. The van der Waals surface area contributed by atoms with Crippen LogP contribution in [0.5, 0.6) is 0 Å². The number of nitrogens with one attached hydrogen (secondary N) is 2. The molecule has 4 N–H and O–H groups in total. The minimum atomic E-state index is -3.53. The van der Waals surface area contributed by atoms with Crippen LogP contribution in [0.15, 0.2) is 23.2 Å². The first-order chi connectivity index (χ1) is 9.53. The fraction of sp³-hybridized carbons (Fsp3) is 0.615. The van der Waals surface area contributed by atoms with E-state index in [1.54, 1.807) is 0 Å². The van der Waals surface area contributed by atoms with Crippen molar-refractivity contribution in [2.24, 2.45) is 11.8 Å². The molecule has 0 aromatic carbocycles. The summed E-state index contributed by atoms with van der Waals surface area (Å²) in [6.45, 7) is 1.94. The van der Waals surface area contributed by atoms with E-state index in [1.165, 1.54) is 37.6 Å². The quantitative estimate of drug-likeness (QED) is 0.567. The lowest BCUT2D eigenvalue weighted by atomic mass is 9.85. The van der Waals surface area contributed by atoms with Crippen molar-refractivity contribution >= 4 is 15.8 Å². The van der Waals surface area contributed by atoms with Crippen LogP contribution < -0.4 is 16.0 Å². The molecule has 2 rings (SSSR count). The molecule has 6 nitrogen and oxygen atoms in total. The van der Waals surface area contributed by atoms with E-state index in [2.05, 4.69) is 15.1 Å². The highest BCUT2D eigenvalue weighted by Gasteiger charge is 2.25. The molecular formula is C13H22N4O2S. The maximum absolute atomic E-state index is 12.3. The molecule has 20 heavy (non-hydrogen) atoms. The second kappa shape index (κ2) is 6.51. The van der Waals surface area contributed by atoms with Gasteiger partial charge in [0.05, 0.1) is 4.90 Å². The maximum Gasteiger partial charge on any atom is 0.241 e. The van der Waals surface area contributed by atoms with Crippen LogP contribution in [0.1, 0.15) is 39.0 Å². The van der Waals surface area contributed by atoms with Crippen molar-refractivity contribution in [3.8, 4) is 0 Å². The number of pyridine rings is 1. The van der Waals surface area contributed by atoms with Gasteiger partial charge in [0.2, 0.25) is 10.0 Å². The summed E-state index contributed by atoms with van der Waals surface area (Å²) in [5.41, 5.74) is 2.35. The number of nitrogen functional groups attached to an aromatic ring is 1. The molecule has 0 aliphatic heterocycles. The molecule has 1 aromatic rings. The average Bonchev–Trinajstić information content (AvgIpc) is 2.48. The van der Waals surface area contributed by atoms with Gasteiger partial charge in [-0.15, -0.1) is 0 Å². The Balaban J connectivity index is 2.09. The fourth-order valence-electron chi connectivity index (χ4n) is 2.70. The van der Waals surface area contributed by atoms with Gasteiger partial charge in [0.1, 0.15) is 5.82 Å². The lowest BCUT2D eigenvalue weighted by molar-refractivity contribution is 0.303. The van der Waals surface area contributed by atoms with Gasteiger partial charge in [0.15, 0.2) is 0 Å². The fourth-order valence-corrected chi connectivity index (χ4v) is 4.03. The second-order valence-electron chi connectivity index (χ2n) is 5.33. The highest BCUT2D eigenvalue weighted by Crippen LogP contribution is 2.27. The second-order valence-corrected chi connectivity index (χ2v) is 7.04. The van der Waals surface area contributed by atoms with Crippen molar-refractivity contribution in [2.45, 2.75) is 50.0 Å². The van der Waals surface area contributed by atoms with Crippen molar-refractivity contribution in [3.05, 3.63) is 18.3 Å². The summed E-state index contributed by atoms with van der Waals surface area (Å²) < 4.78 is 27.5. The predicted molar refractivity (Wildman–Crippen MR) is 78.4 cm³/mol. The molecule has 1 saturated carbocycles. The smallest absolute Gasteiger partial charge is 0.241 e. The highest BCUT2D eigenvalue weighted by molar-refractivity contribution is 7.89. The third-order valence-electron chi connectivity index (χ3n) is 3.89. The molecule has 0 spiro atoms. The molecule has 1 aromatic heterocycles. The summed E-state index contributed by atoms with van der Waals surface area (Å²) in [4.78, 5) is 4.10. The van der Waals surface area contributed by atoms with E-state index in [4.69, 9.17) is 5.84 Å². The van der Waals surface area contributed by atoms with Crippen LogP contribution in [-0.4, -0.2) is 19.4 Å². The van der Waals surface area contributed by atoms with Crippen LogP contribution in [0, 0.1) is 5.92 Å². The van der Waals surface area contributed by atoms with Crippen LogP contribution in [0.4, 0.5) is 5.82 Å². The SMILES string of the molecule is CC(NS(=O)(=O)c1ccnc(NN)c1)C1CCCCC1. The Bertz CT molecular complexity index is 541. The van der Waals surface area contributed by atoms with Crippen LogP contribution >= 0.6 is 0 Å². The number of anilines is 1. The Morgan fingerprint density at radius 3 is 2.70 bits per heavy atom. The lowest BCUT2D eigenvalue weighted by Gasteiger charge is -2.28. The molecular weight excluding hydrogens is 276 g/mol. The molecule has 1 heterocycles. The number of aromatic nitrogens is 1. The summed E-state index contributed by atoms with van der Waals surface area (Å²) in [7, 11) is -3.53. The van der Waals surface area contributed by atoms with E-state index >= 15 is 0 Å². The van der Waals surface area contributed by atoms with Gasteiger partial charge in [-0.05, 0) is 31.7 Å². The van der Waals surface area contributed by atoms with Crippen molar-refractivity contribution in [1.29, 1.82) is 0 Å². The Kier molecular flexibility index (Phi) is 4.95. The number of nitrogens with two attached hydrogens (primary N) is 1. The van der Waals surface area contributed by atoms with Crippen molar-refractivity contribution < 1.29 is 8.42 Å². The van der Waals surface area contributed by atoms with E-state index in [0.717, 1.165) is 12.8 Å². The van der Waals surface area contributed by atoms with E-state index in [9.17, 15) is 8.42 Å². The zero-order valence-electron chi connectivity index (χ0n) is 11.7. The molecule has 1 aliphatic rings. The summed E-state index contributed by atoms with van der Waals surface area (Å²) >= 11 is 0. The van der Waals surface area contributed by atoms with Gasteiger partial charge < -0.3 is 5.43 Å². The number of hydrazine groups is 1. The van der Waals surface area contributed by atoms with E-state index in [1.807, 2.05) is 6.92 Å². The zero-order chi connectivity index (χ0) is 14.6. The minimum Gasteiger partial charge on any atom is -0.308 e. The van der Waals surface area contributed by atoms with Crippen molar-refractivity contribution in [3.63, 3.8) is 0 Å². The Labute approximate surface area is 120 Å². The standard InChI is InChI=1S/C13H22N4O2S/c1-10(11-5-3-2-4-6-11)17-20(18,19)12-7-8-15-13(9-12)16-14/h7-11,17H,2-6,14H2,1H3,(H,15,16). The molecule has 0 bridgehead atoms. The van der Waals surface area contributed by atoms with Crippen LogP contribution in [0.3, 0.4) is 0 Å². The normalized spacial score (nSPS) is 18.7. The number of nitrogens with zero attached hydrogens (tertiary/aromatic N) is 1. The number of sulfonamides is 1. The van der Waals surface area contributed by atoms with E-state index in [0.29, 0.717) is 11.7 Å². The summed E-state index contributed by atoms with van der Waals surface area (Å²) in [5, 5.41) is 0. The summed E-state index contributed by atoms with van der Waals surface area (Å²) in [6, 6.07) is 2.84. The summed E-state index contributed by atoms with van der Waals surface area (Å²) in [6.07, 6.45) is 7.24. The van der Waals surface area contributed by atoms with Crippen LogP contribution in [-0.2, 0) is 10.0 Å². The van der Waals surface area contributed by atoms with Gasteiger partial charge in [-0.25, -0.2) is 24.0 Å². The van der Waals surface area contributed by atoms with Crippen molar-refractivity contribution in [2.75, 3.05) is 5.43 Å². The van der Waals surface area contributed by atoms with Gasteiger partial charge in [-0.2, -0.15) is 0 Å². The van der Waals surface area contributed by atoms with Crippen molar-refractivity contribution in [1.82, 2.24) is 9.71 Å². The van der Waals surface area contributed by atoms with Gasteiger partial charge >= 0.3 is 0 Å². The minimum absolute atomic E-state index is 0.0530. The number of hydrogen-bond acceptors (Lipinski definition) is 5. The summed E-state index contributed by atoms with van der Waals surface area (Å²) in [5.74, 6) is 6.01. The average molecular weight is 298 g/mol. The third-order valence-corrected chi connectivity index (χ3v) is 5.44.